The summed E-state index contributed by atoms with van der Waals surface area (Å²) in [6.07, 6.45) is -8.24. The summed E-state index contributed by atoms with van der Waals surface area (Å²) in [5.41, 5.74) is 0. The van der Waals surface area contributed by atoms with Crippen LogP contribution in [0.1, 0.15) is 27.7 Å². The van der Waals surface area contributed by atoms with Crippen LogP contribution in [0.25, 0.3) is 0 Å². The standard InChI is InChI=1S/C14H18O11.H2O/c1-5(15)21-9-10(22-6(2)16)12(23-7(3)17)14(24-8(4)18)25-11(9)13(19)20;/h9-12,14H,1-4H3,(H,19,20);1H2/t9-,10-,11-,12+,14+;/m0./s1. The fourth-order valence-corrected chi connectivity index (χ4v) is 2.23. The number of carbonyl (C=O) groups is 5. The van der Waals surface area contributed by atoms with Gasteiger partial charge in [-0.25, -0.2) is 4.79 Å². The van der Waals surface area contributed by atoms with Gasteiger partial charge in [-0.3, -0.25) is 19.2 Å². The summed E-state index contributed by atoms with van der Waals surface area (Å²) in [4.78, 5) is 56.7. The third-order valence-electron chi connectivity index (χ3n) is 2.93. The highest BCUT2D eigenvalue weighted by atomic mass is 16.7. The van der Waals surface area contributed by atoms with Gasteiger partial charge in [0.15, 0.2) is 18.3 Å². The van der Waals surface area contributed by atoms with Gasteiger partial charge in [0.05, 0.1) is 0 Å². The van der Waals surface area contributed by atoms with E-state index in [9.17, 15) is 29.1 Å². The molecule has 1 fully saturated rings. The summed E-state index contributed by atoms with van der Waals surface area (Å²) >= 11 is 0. The van der Waals surface area contributed by atoms with E-state index in [-0.39, 0.29) is 5.48 Å². The molecule has 0 aliphatic carbocycles. The zero-order chi connectivity index (χ0) is 19.3. The van der Waals surface area contributed by atoms with Gasteiger partial charge in [0, 0.05) is 27.7 Å². The Hall–Kier alpha value is -2.73. The van der Waals surface area contributed by atoms with Crippen LogP contribution in [-0.2, 0) is 47.7 Å². The Bertz CT molecular complexity index is 570. The van der Waals surface area contributed by atoms with Crippen molar-refractivity contribution in [2.75, 3.05) is 0 Å². The van der Waals surface area contributed by atoms with Crippen molar-refractivity contribution in [3.63, 3.8) is 0 Å². The maximum absolute atomic E-state index is 11.4. The van der Waals surface area contributed by atoms with Gasteiger partial charge in [0.1, 0.15) is 0 Å². The number of esters is 4. The van der Waals surface area contributed by atoms with E-state index in [2.05, 4.69) is 0 Å². The SMILES string of the molecule is CC(=O)O[C@@H]1O[C@H](C(=O)O)[C@@H](OC(C)=O)[C@H](OC(C)=O)[C@H]1OC(C)=O.O. The lowest BCUT2D eigenvalue weighted by molar-refractivity contribution is -0.293. The quantitative estimate of drug-likeness (QED) is 0.425. The van der Waals surface area contributed by atoms with Crippen LogP contribution in [0.2, 0.25) is 0 Å². The van der Waals surface area contributed by atoms with E-state index in [1.165, 1.54) is 0 Å². The van der Waals surface area contributed by atoms with Gasteiger partial charge in [-0.1, -0.05) is 0 Å². The van der Waals surface area contributed by atoms with Gasteiger partial charge in [-0.2, -0.15) is 0 Å². The molecule has 0 saturated carbocycles. The Labute approximate surface area is 147 Å². The van der Waals surface area contributed by atoms with E-state index in [0.717, 1.165) is 27.7 Å². The molecule has 0 aromatic carbocycles. The van der Waals surface area contributed by atoms with Crippen LogP contribution in [-0.4, -0.2) is 71.1 Å². The average Bonchev–Trinajstić information content (AvgIpc) is 2.42. The summed E-state index contributed by atoms with van der Waals surface area (Å²) in [7, 11) is 0. The molecule has 148 valence electrons. The fourth-order valence-electron chi connectivity index (χ4n) is 2.23. The third kappa shape index (κ3) is 6.29. The first-order valence-corrected chi connectivity index (χ1v) is 7.10. The molecular weight excluding hydrogens is 360 g/mol. The highest BCUT2D eigenvalue weighted by Gasteiger charge is 2.55. The van der Waals surface area contributed by atoms with Gasteiger partial charge in [-0.05, 0) is 0 Å². The monoisotopic (exact) mass is 380 g/mol. The van der Waals surface area contributed by atoms with Gasteiger partial charge in [0.2, 0.25) is 12.4 Å². The smallest absolute Gasteiger partial charge is 0.337 e. The topological polar surface area (TPSA) is 183 Å². The van der Waals surface area contributed by atoms with Gasteiger partial charge >= 0.3 is 29.8 Å². The van der Waals surface area contributed by atoms with Crippen LogP contribution in [0, 0.1) is 0 Å². The lowest BCUT2D eigenvalue weighted by Crippen LogP contribution is -2.63. The molecule has 0 bridgehead atoms. The minimum atomic E-state index is -1.83. The minimum Gasteiger partial charge on any atom is -0.479 e. The van der Waals surface area contributed by atoms with Crippen LogP contribution < -0.4 is 0 Å². The second kappa shape index (κ2) is 9.68. The number of carboxylic acid groups (broad SMARTS) is 1. The van der Waals surface area contributed by atoms with Crippen LogP contribution >= 0.6 is 0 Å². The molecule has 0 amide bonds. The molecule has 1 saturated heterocycles. The minimum absolute atomic E-state index is 0. The van der Waals surface area contributed by atoms with Crippen molar-refractivity contribution in [1.29, 1.82) is 0 Å². The maximum Gasteiger partial charge on any atom is 0.337 e. The molecule has 1 aliphatic heterocycles. The Morgan fingerprint density at radius 2 is 1.08 bits per heavy atom. The molecule has 1 aliphatic rings. The summed E-state index contributed by atoms with van der Waals surface area (Å²) in [5, 5.41) is 9.29. The van der Waals surface area contributed by atoms with Crippen molar-refractivity contribution in [3.8, 4) is 0 Å². The van der Waals surface area contributed by atoms with Crippen molar-refractivity contribution < 1.29 is 58.2 Å². The number of hydrogen-bond acceptors (Lipinski definition) is 10. The van der Waals surface area contributed by atoms with Crippen molar-refractivity contribution in [2.24, 2.45) is 0 Å². The van der Waals surface area contributed by atoms with E-state index >= 15 is 0 Å². The average molecular weight is 380 g/mol. The molecule has 12 heteroatoms. The number of aliphatic carboxylic acids is 1. The normalized spacial score (nSPS) is 27.3. The number of carbonyl (C=O) groups excluding carboxylic acids is 4. The molecule has 0 aromatic rings. The number of ether oxygens (including phenoxy) is 5. The predicted octanol–water partition coefficient (Wildman–Crippen LogP) is -1.67. The highest BCUT2D eigenvalue weighted by Crippen LogP contribution is 2.29. The Morgan fingerprint density at radius 3 is 1.46 bits per heavy atom. The van der Waals surface area contributed by atoms with Crippen LogP contribution in [0.5, 0.6) is 0 Å². The van der Waals surface area contributed by atoms with E-state index in [1.807, 2.05) is 0 Å². The zero-order valence-electron chi connectivity index (χ0n) is 14.4. The molecule has 12 nitrogen and oxygen atoms in total. The second-order valence-corrected chi connectivity index (χ2v) is 5.09. The first kappa shape index (κ1) is 23.3. The zero-order valence-corrected chi connectivity index (χ0v) is 14.4. The maximum atomic E-state index is 11.4. The van der Waals surface area contributed by atoms with Gasteiger partial charge in [0.25, 0.3) is 0 Å². The van der Waals surface area contributed by atoms with E-state index in [4.69, 9.17) is 23.7 Å². The summed E-state index contributed by atoms with van der Waals surface area (Å²) < 4.78 is 24.8. The summed E-state index contributed by atoms with van der Waals surface area (Å²) in [6, 6.07) is 0. The molecule has 26 heavy (non-hydrogen) atoms. The predicted molar refractivity (Wildman–Crippen MR) is 78.3 cm³/mol. The van der Waals surface area contributed by atoms with Crippen LogP contribution in [0.15, 0.2) is 0 Å². The van der Waals surface area contributed by atoms with Crippen molar-refractivity contribution in [1.82, 2.24) is 0 Å². The molecule has 0 unspecified atom stereocenters. The molecule has 5 atom stereocenters. The van der Waals surface area contributed by atoms with Crippen LogP contribution in [0.4, 0.5) is 0 Å². The lowest BCUT2D eigenvalue weighted by atomic mass is 9.98. The number of hydrogen-bond donors (Lipinski definition) is 1. The molecule has 1 heterocycles. The van der Waals surface area contributed by atoms with E-state index in [1.54, 1.807) is 0 Å². The molecule has 0 aromatic heterocycles. The van der Waals surface area contributed by atoms with Crippen molar-refractivity contribution >= 4 is 29.8 Å². The first-order valence-electron chi connectivity index (χ1n) is 7.10. The largest absolute Gasteiger partial charge is 0.479 e. The second-order valence-electron chi connectivity index (χ2n) is 5.09. The molecular formula is C14H20O12. The van der Waals surface area contributed by atoms with Gasteiger partial charge in [-0.15, -0.1) is 0 Å². The number of carboxylic acids is 1. The Balaban J connectivity index is 0.00000625. The van der Waals surface area contributed by atoms with Gasteiger partial charge < -0.3 is 34.3 Å². The van der Waals surface area contributed by atoms with Crippen LogP contribution in [0.3, 0.4) is 0 Å². The van der Waals surface area contributed by atoms with E-state index < -0.39 is 60.6 Å². The Kier molecular flexibility index (Phi) is 8.66. The van der Waals surface area contributed by atoms with Crippen molar-refractivity contribution in [3.05, 3.63) is 0 Å². The first-order chi connectivity index (χ1) is 11.5. The molecule has 1 rings (SSSR count). The highest BCUT2D eigenvalue weighted by molar-refractivity contribution is 5.75. The molecule has 0 spiro atoms. The fraction of sp³-hybridized carbons (Fsp3) is 0.643. The summed E-state index contributed by atoms with van der Waals surface area (Å²) in [6.45, 7) is 4.06. The molecule has 3 N–H and O–H groups in total. The van der Waals surface area contributed by atoms with Crippen molar-refractivity contribution in [2.45, 2.75) is 58.4 Å². The number of rotatable bonds is 5. The van der Waals surface area contributed by atoms with E-state index in [0.29, 0.717) is 0 Å². The lowest BCUT2D eigenvalue weighted by Gasteiger charge is -2.42. The molecule has 0 radical (unpaired) electrons. The Morgan fingerprint density at radius 1 is 0.692 bits per heavy atom. The summed E-state index contributed by atoms with van der Waals surface area (Å²) in [5.74, 6) is -5.03. The third-order valence-corrected chi connectivity index (χ3v) is 2.93.